The van der Waals surface area contributed by atoms with Crippen LogP contribution in [0.25, 0.3) is 6.08 Å². The largest absolute Gasteiger partial charge is 0.508 e. The van der Waals surface area contributed by atoms with E-state index in [-0.39, 0.29) is 63.9 Å². The van der Waals surface area contributed by atoms with Crippen molar-refractivity contribution in [3.63, 3.8) is 0 Å². The van der Waals surface area contributed by atoms with E-state index in [1.54, 1.807) is 97.1 Å². The van der Waals surface area contributed by atoms with E-state index in [9.17, 15) is 40.9 Å². The zero-order valence-corrected chi connectivity index (χ0v) is 35.9. The molecule has 7 rings (SSSR count). The summed E-state index contributed by atoms with van der Waals surface area (Å²) in [6.07, 6.45) is 8.17. The lowest BCUT2D eigenvalue weighted by molar-refractivity contribution is -0.0938. The van der Waals surface area contributed by atoms with Crippen molar-refractivity contribution in [2.24, 2.45) is 11.8 Å². The predicted octanol–water partition coefficient (Wildman–Crippen LogP) is 10.00. The van der Waals surface area contributed by atoms with Crippen LogP contribution in [-0.4, -0.2) is 66.0 Å². The molecule has 0 unspecified atom stereocenters. The number of benzene rings is 6. The van der Waals surface area contributed by atoms with E-state index in [4.69, 9.17) is 9.47 Å². The number of ketones is 1. The molecule has 0 aromatic heterocycles. The lowest BCUT2D eigenvalue weighted by atomic mass is 9.73. The summed E-state index contributed by atoms with van der Waals surface area (Å²) in [6, 6.07) is 34.4. The van der Waals surface area contributed by atoms with Gasteiger partial charge in [0.15, 0.2) is 5.78 Å². The highest BCUT2D eigenvalue weighted by Gasteiger charge is 2.45. The van der Waals surface area contributed by atoms with Crippen LogP contribution in [0.3, 0.4) is 0 Å². The second-order valence-electron chi connectivity index (χ2n) is 16.5. The van der Waals surface area contributed by atoms with Crippen LogP contribution in [0.1, 0.15) is 81.4 Å². The average molecular weight is 879 g/mol. The van der Waals surface area contributed by atoms with Crippen molar-refractivity contribution in [1.82, 2.24) is 0 Å². The molecule has 1 heterocycles. The number of rotatable bonds is 17. The van der Waals surface area contributed by atoms with Crippen molar-refractivity contribution >= 4 is 11.9 Å². The topological polar surface area (TPSA) is 197 Å². The number of ether oxygens (including phenoxy) is 2. The van der Waals surface area contributed by atoms with Crippen LogP contribution < -0.4 is 4.74 Å². The van der Waals surface area contributed by atoms with Crippen LogP contribution in [0.5, 0.6) is 46.0 Å². The summed E-state index contributed by atoms with van der Waals surface area (Å²) in [5.41, 5.74) is 3.75. The van der Waals surface area contributed by atoms with Gasteiger partial charge in [-0.1, -0.05) is 85.0 Å². The molecule has 11 nitrogen and oxygen atoms in total. The van der Waals surface area contributed by atoms with Crippen molar-refractivity contribution in [2.45, 2.75) is 62.8 Å². The van der Waals surface area contributed by atoms with E-state index >= 15 is 4.79 Å². The molecule has 0 radical (unpaired) electrons. The van der Waals surface area contributed by atoms with E-state index < -0.39 is 41.5 Å². The maximum Gasteiger partial charge on any atom is 0.176 e. The summed E-state index contributed by atoms with van der Waals surface area (Å²) in [4.78, 5) is 15.6. The normalized spacial score (nSPS) is 18.4. The minimum Gasteiger partial charge on any atom is -0.508 e. The molecule has 1 saturated heterocycles. The van der Waals surface area contributed by atoms with E-state index in [0.717, 1.165) is 16.7 Å². The molecule has 0 spiro atoms. The molecular weight excluding hydrogens is 825 g/mol. The number of aliphatic hydroxyl groups excluding tert-OH is 1. The molecule has 6 aromatic rings. The van der Waals surface area contributed by atoms with E-state index in [0.29, 0.717) is 43.2 Å². The van der Waals surface area contributed by atoms with Gasteiger partial charge < -0.3 is 50.3 Å². The SMILES string of the molecule is COc1cc(O)c([C@@H](/C=C/C[C@H](O)CCc2ccc(O)cc2)c2ccc(O)cc2)c(O)c1C(=O)[C@@H]1[C@@H](c2ccc(O)cc2)O[C@H](CCc2ccc(O)cc2)C[C@@H]1/C=C/c1ccc(O)cc1. The molecule has 8 N–H and O–H groups in total. The van der Waals surface area contributed by atoms with Crippen molar-refractivity contribution in [1.29, 1.82) is 0 Å². The zero-order chi connectivity index (χ0) is 46.0. The average Bonchev–Trinajstić information content (AvgIpc) is 3.30. The third-order valence-corrected chi connectivity index (χ3v) is 12.1. The summed E-state index contributed by atoms with van der Waals surface area (Å²) in [5.74, 6) is -3.31. The number of phenols is 7. The quantitative estimate of drug-likeness (QED) is 0.0321. The second kappa shape index (κ2) is 21.0. The first kappa shape index (κ1) is 45.8. The van der Waals surface area contributed by atoms with Crippen LogP contribution in [0.15, 0.2) is 146 Å². The number of carbonyl (C=O) groups excluding carboxylic acids is 1. The van der Waals surface area contributed by atoms with Gasteiger partial charge in [-0.25, -0.2) is 0 Å². The Morgan fingerprint density at radius 3 is 1.85 bits per heavy atom. The molecule has 1 fully saturated rings. The van der Waals surface area contributed by atoms with E-state index in [2.05, 4.69) is 0 Å². The van der Waals surface area contributed by atoms with Gasteiger partial charge in [0.25, 0.3) is 0 Å². The fourth-order valence-electron chi connectivity index (χ4n) is 8.56. The standard InChI is InChI=1S/C54H54O11/c1-64-48-32-47(61)50(46(36-15-26-43(59)27-16-36)4-2-3-39(55)19-6-34-9-22-41(57)23-10-34)53(63)51(48)52(62)49-38(14-5-33-7-20-40(56)21-8-33)31-45(30-13-35-11-24-42(58)25-12-35)65-54(49)37-17-28-44(60)29-18-37/h2,4-5,7-12,14-18,20-29,32,38-39,45-46,49,54-61,63H,3,6,13,19,30-31H2,1H3/b4-2+,14-5+/t38-,39-,45+,46-,49+,54+/m0/s1. The summed E-state index contributed by atoms with van der Waals surface area (Å²) in [7, 11) is 1.35. The molecule has 6 aromatic carbocycles. The van der Waals surface area contributed by atoms with Crippen molar-refractivity contribution < 1.29 is 55.1 Å². The number of allylic oxidation sites excluding steroid dienone is 2. The number of hydrogen-bond acceptors (Lipinski definition) is 11. The summed E-state index contributed by atoms with van der Waals surface area (Å²) >= 11 is 0. The van der Waals surface area contributed by atoms with Gasteiger partial charge in [0.1, 0.15) is 51.6 Å². The van der Waals surface area contributed by atoms with Gasteiger partial charge in [-0.05, 0) is 133 Å². The molecule has 11 heteroatoms. The minimum absolute atomic E-state index is 0.00511. The van der Waals surface area contributed by atoms with Crippen LogP contribution in [0, 0.1) is 11.8 Å². The Labute approximate surface area is 378 Å². The first-order chi connectivity index (χ1) is 31.4. The molecule has 0 bridgehead atoms. The predicted molar refractivity (Wildman–Crippen MR) is 248 cm³/mol. The molecule has 0 saturated carbocycles. The van der Waals surface area contributed by atoms with Gasteiger partial charge in [0.2, 0.25) is 0 Å². The number of hydrogen-bond donors (Lipinski definition) is 8. The molecule has 6 atom stereocenters. The Hall–Kier alpha value is -7.21. The maximum absolute atomic E-state index is 15.6. The number of carbonyl (C=O) groups is 1. The summed E-state index contributed by atoms with van der Waals surface area (Å²) in [5, 5.41) is 85.1. The lowest BCUT2D eigenvalue weighted by Crippen LogP contribution is -2.40. The molecule has 1 aliphatic heterocycles. The van der Waals surface area contributed by atoms with Gasteiger partial charge in [0, 0.05) is 17.5 Å². The third kappa shape index (κ3) is 11.5. The Kier molecular flexibility index (Phi) is 14.8. The zero-order valence-electron chi connectivity index (χ0n) is 35.9. The van der Waals surface area contributed by atoms with Crippen molar-refractivity contribution in [3.8, 4) is 46.0 Å². The third-order valence-electron chi connectivity index (χ3n) is 12.1. The molecular formula is C54H54O11. The summed E-state index contributed by atoms with van der Waals surface area (Å²) < 4.78 is 12.6. The molecule has 1 aliphatic rings. The monoisotopic (exact) mass is 878 g/mol. The molecule has 0 aliphatic carbocycles. The van der Waals surface area contributed by atoms with Crippen molar-refractivity contribution in [3.05, 3.63) is 185 Å². The molecule has 0 amide bonds. The number of aromatic hydroxyl groups is 7. The smallest absolute Gasteiger partial charge is 0.176 e. The summed E-state index contributed by atoms with van der Waals surface area (Å²) in [6.45, 7) is 0. The van der Waals surface area contributed by atoms with Gasteiger partial charge >= 0.3 is 0 Å². The van der Waals surface area contributed by atoms with Crippen LogP contribution in [0.2, 0.25) is 0 Å². The lowest BCUT2D eigenvalue weighted by Gasteiger charge is -2.41. The highest BCUT2D eigenvalue weighted by atomic mass is 16.5. The highest BCUT2D eigenvalue weighted by Crippen LogP contribution is 2.50. The van der Waals surface area contributed by atoms with Gasteiger partial charge in [-0.3, -0.25) is 4.79 Å². The fourth-order valence-corrected chi connectivity index (χ4v) is 8.56. The fraction of sp³-hybridized carbons (Fsp3) is 0.241. The minimum atomic E-state index is -0.971. The first-order valence-corrected chi connectivity index (χ1v) is 21.6. The maximum atomic E-state index is 15.6. The number of phenolic OH excluding ortho intramolecular Hbond substituents is 7. The number of Topliss-reactive ketones (excluding diaryl/α,β-unsaturated/α-hetero) is 1. The molecule has 336 valence electrons. The van der Waals surface area contributed by atoms with Crippen LogP contribution >= 0.6 is 0 Å². The number of aliphatic hydroxyl groups is 1. The number of aryl methyl sites for hydroxylation is 2. The van der Waals surface area contributed by atoms with Gasteiger partial charge in [-0.2, -0.15) is 0 Å². The van der Waals surface area contributed by atoms with Gasteiger partial charge in [-0.15, -0.1) is 0 Å². The highest BCUT2D eigenvalue weighted by molar-refractivity contribution is 6.04. The Morgan fingerprint density at radius 1 is 0.723 bits per heavy atom. The van der Waals surface area contributed by atoms with Gasteiger partial charge in [0.05, 0.1) is 31.3 Å². The Bertz CT molecular complexity index is 2570. The number of methoxy groups -OCH3 is 1. The molecule has 65 heavy (non-hydrogen) atoms. The first-order valence-electron chi connectivity index (χ1n) is 21.6. The second-order valence-corrected chi connectivity index (χ2v) is 16.5. The van der Waals surface area contributed by atoms with E-state index in [1.165, 1.54) is 37.4 Å². The van der Waals surface area contributed by atoms with Crippen molar-refractivity contribution in [2.75, 3.05) is 7.11 Å². The van der Waals surface area contributed by atoms with Crippen LogP contribution in [-0.2, 0) is 17.6 Å². The Balaban J connectivity index is 1.28. The van der Waals surface area contributed by atoms with E-state index in [1.807, 2.05) is 24.3 Å². The Morgan fingerprint density at radius 2 is 1.26 bits per heavy atom. The van der Waals surface area contributed by atoms with Crippen LogP contribution in [0.4, 0.5) is 0 Å².